The number of benzene rings is 1. The first-order valence-electron chi connectivity index (χ1n) is 5.75. The zero-order valence-electron chi connectivity index (χ0n) is 10.1. The van der Waals surface area contributed by atoms with Gasteiger partial charge < -0.3 is 11.1 Å². The van der Waals surface area contributed by atoms with Crippen molar-refractivity contribution in [2.24, 2.45) is 5.73 Å². The molecule has 1 unspecified atom stereocenters. The molecule has 1 aromatic carbocycles. The van der Waals surface area contributed by atoms with Crippen molar-refractivity contribution in [1.82, 2.24) is 4.98 Å². The first-order valence-corrected chi connectivity index (χ1v) is 6.15. The second kappa shape index (κ2) is 5.60. The number of nitrogens with zero attached hydrogens (tertiary/aromatic N) is 1. The lowest BCUT2D eigenvalue weighted by atomic mass is 10.1. The van der Waals surface area contributed by atoms with Crippen molar-refractivity contribution in [2.45, 2.75) is 13.0 Å². The van der Waals surface area contributed by atoms with Crippen LogP contribution in [0.15, 0.2) is 48.7 Å². The summed E-state index contributed by atoms with van der Waals surface area (Å²) in [5, 5.41) is 3.33. The van der Waals surface area contributed by atoms with Crippen molar-refractivity contribution in [3.63, 3.8) is 0 Å². The van der Waals surface area contributed by atoms with Crippen LogP contribution in [-0.2, 0) is 0 Å². The third-order valence-corrected chi connectivity index (χ3v) is 2.95. The number of thiocarbonyl (C=S) groups is 1. The zero-order chi connectivity index (χ0) is 13.0. The predicted octanol–water partition coefficient (Wildman–Crippen LogP) is 2.89. The minimum atomic E-state index is 0.147. The van der Waals surface area contributed by atoms with E-state index in [2.05, 4.69) is 29.4 Å². The number of rotatable bonds is 4. The lowest BCUT2D eigenvalue weighted by molar-refractivity contribution is 0.874. The molecule has 0 saturated carbocycles. The molecule has 4 heteroatoms. The summed E-state index contributed by atoms with van der Waals surface area (Å²) < 4.78 is 0. The Balaban J connectivity index is 2.22. The largest absolute Gasteiger partial charge is 0.389 e. The molecule has 0 bridgehead atoms. The lowest BCUT2D eigenvalue weighted by Crippen LogP contribution is -2.16. The first-order chi connectivity index (χ1) is 8.68. The van der Waals surface area contributed by atoms with E-state index in [1.54, 1.807) is 6.20 Å². The Hall–Kier alpha value is -1.94. The van der Waals surface area contributed by atoms with E-state index in [-0.39, 0.29) is 6.04 Å². The number of nitrogens with two attached hydrogens (primary N) is 1. The highest BCUT2D eigenvalue weighted by molar-refractivity contribution is 7.80. The molecule has 0 spiro atoms. The molecule has 0 saturated heterocycles. The van der Waals surface area contributed by atoms with Crippen LogP contribution in [0.1, 0.15) is 24.1 Å². The summed E-state index contributed by atoms with van der Waals surface area (Å²) in [5.41, 5.74) is 7.65. The Labute approximate surface area is 112 Å². The number of pyridine rings is 1. The molecule has 1 heterocycles. The van der Waals surface area contributed by atoms with Gasteiger partial charge in [-0.3, -0.25) is 0 Å². The first kappa shape index (κ1) is 12.5. The topological polar surface area (TPSA) is 50.9 Å². The van der Waals surface area contributed by atoms with Gasteiger partial charge in [0.1, 0.15) is 10.8 Å². The lowest BCUT2D eigenvalue weighted by Gasteiger charge is -2.16. The molecule has 1 aromatic heterocycles. The summed E-state index contributed by atoms with van der Waals surface area (Å²) in [6, 6.07) is 14.0. The normalized spacial score (nSPS) is 11.8. The Morgan fingerprint density at radius 3 is 2.61 bits per heavy atom. The van der Waals surface area contributed by atoms with Gasteiger partial charge in [-0.05, 0) is 24.6 Å². The molecule has 3 N–H and O–H groups in total. The standard InChI is InChI=1S/C14H15N3S/c1-10(11-6-3-2-4-7-11)17-14-12(13(15)18)8-5-9-16-14/h2-10H,1H3,(H2,15,18)(H,16,17). The summed E-state index contributed by atoms with van der Waals surface area (Å²) in [7, 11) is 0. The molecule has 0 aliphatic rings. The van der Waals surface area contributed by atoms with Crippen molar-refractivity contribution >= 4 is 23.0 Å². The molecular weight excluding hydrogens is 242 g/mol. The second-order valence-electron chi connectivity index (χ2n) is 4.04. The van der Waals surface area contributed by atoms with Crippen molar-refractivity contribution in [3.8, 4) is 0 Å². The van der Waals surface area contributed by atoms with E-state index in [9.17, 15) is 0 Å². The van der Waals surface area contributed by atoms with Gasteiger partial charge in [-0.25, -0.2) is 4.98 Å². The summed E-state index contributed by atoms with van der Waals surface area (Å²) in [6.45, 7) is 2.08. The number of hydrogen-bond acceptors (Lipinski definition) is 3. The molecule has 0 radical (unpaired) electrons. The van der Waals surface area contributed by atoms with Crippen LogP contribution in [0.3, 0.4) is 0 Å². The van der Waals surface area contributed by atoms with Gasteiger partial charge in [0.25, 0.3) is 0 Å². The fraction of sp³-hybridized carbons (Fsp3) is 0.143. The summed E-state index contributed by atoms with van der Waals surface area (Å²) in [4.78, 5) is 4.64. The van der Waals surface area contributed by atoms with Crippen LogP contribution in [0.5, 0.6) is 0 Å². The maximum Gasteiger partial charge on any atom is 0.136 e. The van der Waals surface area contributed by atoms with Crippen molar-refractivity contribution in [1.29, 1.82) is 0 Å². The van der Waals surface area contributed by atoms with E-state index < -0.39 is 0 Å². The Morgan fingerprint density at radius 1 is 1.22 bits per heavy atom. The van der Waals surface area contributed by atoms with E-state index in [0.717, 1.165) is 11.4 Å². The van der Waals surface area contributed by atoms with Crippen LogP contribution in [0.2, 0.25) is 0 Å². The van der Waals surface area contributed by atoms with Crippen LogP contribution in [-0.4, -0.2) is 9.97 Å². The maximum atomic E-state index is 5.68. The quantitative estimate of drug-likeness (QED) is 0.827. The maximum absolute atomic E-state index is 5.68. The van der Waals surface area contributed by atoms with E-state index in [0.29, 0.717) is 4.99 Å². The van der Waals surface area contributed by atoms with E-state index >= 15 is 0 Å². The van der Waals surface area contributed by atoms with Crippen LogP contribution in [0.4, 0.5) is 5.82 Å². The minimum Gasteiger partial charge on any atom is -0.389 e. The molecule has 2 rings (SSSR count). The average Bonchev–Trinajstić information content (AvgIpc) is 2.40. The number of hydrogen-bond donors (Lipinski definition) is 2. The molecule has 0 aliphatic heterocycles. The van der Waals surface area contributed by atoms with Gasteiger partial charge in [-0.15, -0.1) is 0 Å². The van der Waals surface area contributed by atoms with E-state index in [1.807, 2.05) is 30.3 Å². The van der Waals surface area contributed by atoms with Gasteiger partial charge in [-0.1, -0.05) is 42.5 Å². The molecule has 0 amide bonds. The third kappa shape index (κ3) is 2.84. The number of nitrogens with one attached hydrogen (secondary N) is 1. The fourth-order valence-electron chi connectivity index (χ4n) is 1.75. The van der Waals surface area contributed by atoms with Crippen LogP contribution >= 0.6 is 12.2 Å². The molecule has 2 aromatic rings. The average molecular weight is 257 g/mol. The molecule has 0 aliphatic carbocycles. The van der Waals surface area contributed by atoms with Crippen LogP contribution in [0, 0.1) is 0 Å². The van der Waals surface area contributed by atoms with Crippen molar-refractivity contribution in [3.05, 3.63) is 59.8 Å². The smallest absolute Gasteiger partial charge is 0.136 e. The Kier molecular flexibility index (Phi) is 3.89. The second-order valence-corrected chi connectivity index (χ2v) is 4.48. The summed E-state index contributed by atoms with van der Waals surface area (Å²) in [6.07, 6.45) is 1.72. The predicted molar refractivity (Wildman–Crippen MR) is 78.6 cm³/mol. The van der Waals surface area contributed by atoms with Gasteiger partial charge in [0.2, 0.25) is 0 Å². The minimum absolute atomic E-state index is 0.147. The Morgan fingerprint density at radius 2 is 1.94 bits per heavy atom. The van der Waals surface area contributed by atoms with Gasteiger partial charge in [-0.2, -0.15) is 0 Å². The molecule has 0 fully saturated rings. The van der Waals surface area contributed by atoms with Crippen molar-refractivity contribution < 1.29 is 0 Å². The molecular formula is C14H15N3S. The fourth-order valence-corrected chi connectivity index (χ4v) is 1.91. The van der Waals surface area contributed by atoms with Crippen molar-refractivity contribution in [2.75, 3.05) is 5.32 Å². The molecule has 1 atom stereocenters. The number of aromatic nitrogens is 1. The van der Waals surface area contributed by atoms with Gasteiger partial charge in [0.15, 0.2) is 0 Å². The van der Waals surface area contributed by atoms with E-state index in [4.69, 9.17) is 18.0 Å². The van der Waals surface area contributed by atoms with Crippen LogP contribution in [0.25, 0.3) is 0 Å². The highest BCUT2D eigenvalue weighted by atomic mass is 32.1. The SMILES string of the molecule is CC(Nc1ncccc1C(N)=S)c1ccccc1. The molecule has 18 heavy (non-hydrogen) atoms. The highest BCUT2D eigenvalue weighted by Crippen LogP contribution is 2.20. The van der Waals surface area contributed by atoms with Gasteiger partial charge in [0, 0.05) is 12.2 Å². The zero-order valence-corrected chi connectivity index (χ0v) is 10.9. The summed E-state index contributed by atoms with van der Waals surface area (Å²) >= 11 is 5.02. The number of anilines is 1. The molecule has 92 valence electrons. The van der Waals surface area contributed by atoms with Gasteiger partial charge >= 0.3 is 0 Å². The van der Waals surface area contributed by atoms with E-state index in [1.165, 1.54) is 5.56 Å². The summed E-state index contributed by atoms with van der Waals surface area (Å²) in [5.74, 6) is 0.723. The molecule has 3 nitrogen and oxygen atoms in total. The Bertz CT molecular complexity index is 540. The monoisotopic (exact) mass is 257 g/mol. The van der Waals surface area contributed by atoms with Gasteiger partial charge in [0.05, 0.1) is 5.56 Å². The third-order valence-electron chi connectivity index (χ3n) is 2.73. The highest BCUT2D eigenvalue weighted by Gasteiger charge is 2.10. The van der Waals surface area contributed by atoms with Crippen LogP contribution < -0.4 is 11.1 Å².